The van der Waals surface area contributed by atoms with Crippen LogP contribution in [-0.2, 0) is 11.2 Å². The number of carboxylic acid groups (broad SMARTS) is 1. The number of hydrogen-bond donors (Lipinski definition) is 1. The molecule has 0 aliphatic carbocycles. The Balaban J connectivity index is 0.00000225. The van der Waals surface area contributed by atoms with Crippen molar-refractivity contribution in [2.45, 2.75) is 24.8 Å². The van der Waals surface area contributed by atoms with Gasteiger partial charge in [0.1, 0.15) is 0 Å². The van der Waals surface area contributed by atoms with Gasteiger partial charge in [0.05, 0.1) is 11.5 Å². The molecule has 4 nitrogen and oxygen atoms in total. The molecule has 5 heteroatoms. The minimum atomic E-state index is -1.01. The van der Waals surface area contributed by atoms with Crippen molar-refractivity contribution in [1.82, 2.24) is 4.90 Å². The molecular weight excluding hydrogens is 339 g/mol. The van der Waals surface area contributed by atoms with Crippen molar-refractivity contribution in [1.29, 1.82) is 0 Å². The minimum Gasteiger partial charge on any atom is -0.548 e. The third-order valence-corrected chi connectivity index (χ3v) is 4.82. The molecule has 2 aromatic carbocycles. The second-order valence-corrected chi connectivity index (χ2v) is 6.44. The Hall–Kier alpha value is -0.694. The fraction of sp³-hybridized carbons (Fsp3) is 0.350. The van der Waals surface area contributed by atoms with Gasteiger partial charge in [-0.15, -0.1) is 0 Å². The van der Waals surface area contributed by atoms with E-state index >= 15 is 0 Å². The van der Waals surface area contributed by atoms with Crippen LogP contribution in [0.1, 0.15) is 18.4 Å². The SMILES string of the molecule is O=C([O-])C1(Nc2ccccc2)CCN(CCc2ccccc2)CC1.[K+]. The standard InChI is InChI=1S/C20H24N2O2.K/c23-19(24)20(21-18-9-5-2-6-10-18)12-15-22(16-13-20)14-11-17-7-3-1-4-8-17;/h1-10,21H,11-16H2,(H,23,24);/q;+1/p-1. The average molecular weight is 363 g/mol. The predicted octanol–water partition coefficient (Wildman–Crippen LogP) is -1.07. The van der Waals surface area contributed by atoms with E-state index in [9.17, 15) is 9.90 Å². The molecule has 1 N–H and O–H groups in total. The van der Waals surface area contributed by atoms with Crippen LogP contribution in [0, 0.1) is 0 Å². The fourth-order valence-electron chi connectivity index (χ4n) is 3.27. The molecule has 0 radical (unpaired) electrons. The van der Waals surface area contributed by atoms with Gasteiger partial charge >= 0.3 is 51.4 Å². The molecular formula is C20H23KN2O2. The number of piperidine rings is 1. The Bertz CT molecular complexity index is 656. The summed E-state index contributed by atoms with van der Waals surface area (Å²) in [5.41, 5.74) is 1.18. The zero-order chi connectivity index (χ0) is 16.8. The third-order valence-electron chi connectivity index (χ3n) is 4.82. The number of benzene rings is 2. The van der Waals surface area contributed by atoms with Crippen LogP contribution in [0.2, 0.25) is 0 Å². The molecule has 126 valence electrons. The van der Waals surface area contributed by atoms with E-state index < -0.39 is 11.5 Å². The van der Waals surface area contributed by atoms with E-state index in [2.05, 4.69) is 34.5 Å². The number of nitrogens with one attached hydrogen (secondary N) is 1. The molecule has 1 saturated heterocycles. The number of carbonyl (C=O) groups is 1. The van der Waals surface area contributed by atoms with Gasteiger partial charge in [-0.2, -0.15) is 0 Å². The Morgan fingerprint density at radius 2 is 1.56 bits per heavy atom. The average Bonchev–Trinajstić information content (AvgIpc) is 2.63. The van der Waals surface area contributed by atoms with Gasteiger partial charge in [0, 0.05) is 25.3 Å². The second kappa shape index (κ2) is 9.85. The largest absolute Gasteiger partial charge is 1.00 e. The minimum absolute atomic E-state index is 0. The summed E-state index contributed by atoms with van der Waals surface area (Å²) in [4.78, 5) is 14.1. The quantitative estimate of drug-likeness (QED) is 0.665. The van der Waals surface area contributed by atoms with Crippen molar-refractivity contribution in [3.8, 4) is 0 Å². The normalized spacial score (nSPS) is 16.6. The number of nitrogens with zero attached hydrogens (tertiary/aromatic N) is 1. The van der Waals surface area contributed by atoms with E-state index in [0.717, 1.165) is 31.7 Å². The molecule has 1 aliphatic rings. The third kappa shape index (κ3) is 5.64. The molecule has 0 bridgehead atoms. The number of carbonyl (C=O) groups excluding carboxylic acids is 1. The summed E-state index contributed by atoms with van der Waals surface area (Å²) in [6.45, 7) is 2.49. The van der Waals surface area contributed by atoms with Crippen LogP contribution in [0.5, 0.6) is 0 Å². The second-order valence-electron chi connectivity index (χ2n) is 6.44. The predicted molar refractivity (Wildman–Crippen MR) is 93.6 cm³/mol. The first kappa shape index (κ1) is 20.6. The van der Waals surface area contributed by atoms with E-state index in [1.165, 1.54) is 5.56 Å². The summed E-state index contributed by atoms with van der Waals surface area (Å²) in [6, 6.07) is 19.9. The smallest absolute Gasteiger partial charge is 0.548 e. The number of carboxylic acids is 1. The zero-order valence-electron chi connectivity index (χ0n) is 14.8. The van der Waals surface area contributed by atoms with Gasteiger partial charge in [0.2, 0.25) is 0 Å². The molecule has 0 amide bonds. The van der Waals surface area contributed by atoms with E-state index in [4.69, 9.17) is 0 Å². The van der Waals surface area contributed by atoms with Crippen LogP contribution in [0.25, 0.3) is 0 Å². The number of para-hydroxylation sites is 1. The van der Waals surface area contributed by atoms with Crippen LogP contribution in [0.3, 0.4) is 0 Å². The molecule has 3 rings (SSSR count). The number of hydrogen-bond acceptors (Lipinski definition) is 4. The molecule has 25 heavy (non-hydrogen) atoms. The van der Waals surface area contributed by atoms with Crippen molar-refractivity contribution in [3.05, 3.63) is 66.2 Å². The molecule has 0 atom stereocenters. The molecule has 1 heterocycles. The van der Waals surface area contributed by atoms with Crippen molar-refractivity contribution in [2.75, 3.05) is 25.0 Å². The Morgan fingerprint density at radius 1 is 1.00 bits per heavy atom. The van der Waals surface area contributed by atoms with Crippen LogP contribution >= 0.6 is 0 Å². The van der Waals surface area contributed by atoms with Gasteiger partial charge in [-0.1, -0.05) is 48.5 Å². The fourth-order valence-corrected chi connectivity index (χ4v) is 3.27. The monoisotopic (exact) mass is 362 g/mol. The molecule has 1 aliphatic heterocycles. The van der Waals surface area contributed by atoms with Crippen LogP contribution in [0.15, 0.2) is 60.7 Å². The van der Waals surface area contributed by atoms with Gasteiger partial charge in [0.15, 0.2) is 0 Å². The molecule has 0 saturated carbocycles. The Morgan fingerprint density at radius 3 is 2.12 bits per heavy atom. The van der Waals surface area contributed by atoms with Crippen LogP contribution in [0.4, 0.5) is 5.69 Å². The summed E-state index contributed by atoms with van der Waals surface area (Å²) < 4.78 is 0. The van der Waals surface area contributed by atoms with Crippen LogP contribution in [-0.4, -0.2) is 36.0 Å². The zero-order valence-corrected chi connectivity index (χ0v) is 17.9. The molecule has 1 fully saturated rings. The van der Waals surface area contributed by atoms with Gasteiger partial charge in [-0.25, -0.2) is 0 Å². The van der Waals surface area contributed by atoms with Gasteiger partial charge in [-0.05, 0) is 37.0 Å². The topological polar surface area (TPSA) is 55.4 Å². The van der Waals surface area contributed by atoms with Crippen molar-refractivity contribution >= 4 is 11.7 Å². The summed E-state index contributed by atoms with van der Waals surface area (Å²) >= 11 is 0. The summed E-state index contributed by atoms with van der Waals surface area (Å²) in [6.07, 6.45) is 2.10. The van der Waals surface area contributed by atoms with Gasteiger partial charge in [0.25, 0.3) is 0 Å². The van der Waals surface area contributed by atoms with Crippen molar-refractivity contribution in [3.63, 3.8) is 0 Å². The summed E-state index contributed by atoms with van der Waals surface area (Å²) in [7, 11) is 0. The van der Waals surface area contributed by atoms with E-state index in [-0.39, 0.29) is 51.4 Å². The number of anilines is 1. The van der Waals surface area contributed by atoms with E-state index in [1.54, 1.807) is 0 Å². The molecule has 0 unspecified atom stereocenters. The number of likely N-dealkylation sites (tertiary alicyclic amines) is 1. The maximum atomic E-state index is 11.8. The summed E-state index contributed by atoms with van der Waals surface area (Å²) in [5, 5.41) is 15.0. The summed E-state index contributed by atoms with van der Waals surface area (Å²) in [5.74, 6) is -1.01. The Labute approximate surface area is 192 Å². The first-order valence-electron chi connectivity index (χ1n) is 8.49. The maximum Gasteiger partial charge on any atom is 1.00 e. The van der Waals surface area contributed by atoms with Gasteiger partial charge in [-0.3, -0.25) is 0 Å². The van der Waals surface area contributed by atoms with Crippen molar-refractivity contribution in [2.24, 2.45) is 0 Å². The molecule has 2 aromatic rings. The van der Waals surface area contributed by atoms with Crippen molar-refractivity contribution < 1.29 is 61.3 Å². The number of rotatable bonds is 6. The van der Waals surface area contributed by atoms with Crippen LogP contribution < -0.4 is 61.8 Å². The van der Waals surface area contributed by atoms with E-state index in [0.29, 0.717) is 12.8 Å². The van der Waals surface area contributed by atoms with E-state index in [1.807, 2.05) is 36.4 Å². The maximum absolute atomic E-state index is 11.8. The first-order chi connectivity index (χ1) is 11.7. The molecule has 0 spiro atoms. The number of aliphatic carboxylic acids is 1. The van der Waals surface area contributed by atoms with Gasteiger partial charge < -0.3 is 20.1 Å². The first-order valence-corrected chi connectivity index (χ1v) is 8.49. The Kier molecular flexibility index (Phi) is 8.13. The molecule has 0 aromatic heterocycles.